The third kappa shape index (κ3) is 3.83. The van der Waals surface area contributed by atoms with Crippen LogP contribution in [0.2, 0.25) is 0 Å². The van der Waals surface area contributed by atoms with Crippen molar-refractivity contribution < 1.29 is 4.79 Å². The van der Waals surface area contributed by atoms with Gasteiger partial charge in [-0.25, -0.2) is 0 Å². The van der Waals surface area contributed by atoms with E-state index in [9.17, 15) is 4.79 Å². The highest BCUT2D eigenvalue weighted by molar-refractivity contribution is 5.81. The highest BCUT2D eigenvalue weighted by Gasteiger charge is 2.33. The monoisotopic (exact) mass is 333 g/mol. The van der Waals surface area contributed by atoms with Crippen LogP contribution in [0.4, 0.5) is 5.69 Å². The quantitative estimate of drug-likeness (QED) is 0.659. The summed E-state index contributed by atoms with van der Waals surface area (Å²) in [6, 6.07) is 18.1. The first kappa shape index (κ1) is 17.0. The highest BCUT2D eigenvalue weighted by Crippen LogP contribution is 2.42. The number of nitrogens with two attached hydrogens (primary N) is 1. The molecular weight excluding hydrogens is 310 g/mol. The Labute approximate surface area is 148 Å². The van der Waals surface area contributed by atoms with Crippen LogP contribution < -0.4 is 11.1 Å². The van der Waals surface area contributed by atoms with E-state index in [4.69, 9.17) is 11.0 Å². The lowest BCUT2D eigenvalue weighted by Gasteiger charge is -2.32. The summed E-state index contributed by atoms with van der Waals surface area (Å²) in [5.41, 5.74) is 10.1. The van der Waals surface area contributed by atoms with E-state index < -0.39 is 0 Å². The largest absolute Gasteiger partial charge is 0.399 e. The van der Waals surface area contributed by atoms with Crippen LogP contribution in [0.1, 0.15) is 37.2 Å². The number of nitriles is 1. The molecule has 4 nitrogen and oxygen atoms in total. The molecule has 25 heavy (non-hydrogen) atoms. The van der Waals surface area contributed by atoms with E-state index >= 15 is 0 Å². The Morgan fingerprint density at radius 2 is 1.96 bits per heavy atom. The first-order valence-corrected chi connectivity index (χ1v) is 8.80. The van der Waals surface area contributed by atoms with Gasteiger partial charge in [0.1, 0.15) is 6.54 Å². The minimum atomic E-state index is -0.0793. The van der Waals surface area contributed by atoms with E-state index in [-0.39, 0.29) is 24.3 Å². The average molecular weight is 333 g/mol. The zero-order valence-electron chi connectivity index (χ0n) is 14.2. The molecule has 0 aromatic heterocycles. The zero-order chi connectivity index (χ0) is 17.6. The third-order valence-electron chi connectivity index (χ3n) is 5.00. The standard InChI is InChI=1S/C21H23N3O/c22-12-13-24-21(25)20-11-4-3-10-19(20)18-9-2-1-8-17(18)15-6-5-7-16(23)14-15/h1-2,5-9,14,19-20H,3-4,10-11,13,23H2,(H,24,25). The molecule has 0 saturated heterocycles. The van der Waals surface area contributed by atoms with Crippen molar-refractivity contribution >= 4 is 11.6 Å². The van der Waals surface area contributed by atoms with Crippen molar-refractivity contribution in [2.24, 2.45) is 5.92 Å². The average Bonchev–Trinajstić information content (AvgIpc) is 2.66. The second-order valence-electron chi connectivity index (χ2n) is 6.59. The number of rotatable bonds is 4. The van der Waals surface area contributed by atoms with Crippen molar-refractivity contribution in [2.75, 3.05) is 12.3 Å². The van der Waals surface area contributed by atoms with Gasteiger partial charge in [0, 0.05) is 11.6 Å². The van der Waals surface area contributed by atoms with Crippen molar-refractivity contribution in [3.8, 4) is 17.2 Å². The number of nitrogens with zero attached hydrogens (tertiary/aromatic N) is 1. The van der Waals surface area contributed by atoms with Crippen LogP contribution >= 0.6 is 0 Å². The number of amides is 1. The molecule has 1 aliphatic rings. The van der Waals surface area contributed by atoms with Gasteiger partial charge in [-0.05, 0) is 47.6 Å². The maximum absolute atomic E-state index is 12.6. The fraction of sp³-hybridized carbons (Fsp3) is 0.333. The van der Waals surface area contributed by atoms with Crippen molar-refractivity contribution in [1.29, 1.82) is 5.26 Å². The normalized spacial score (nSPS) is 19.8. The summed E-state index contributed by atoms with van der Waals surface area (Å²) in [5.74, 6) is 0.0861. The molecule has 2 aromatic carbocycles. The van der Waals surface area contributed by atoms with Crippen LogP contribution in [0, 0.1) is 17.2 Å². The van der Waals surface area contributed by atoms with Gasteiger partial charge in [0.2, 0.25) is 5.91 Å². The minimum absolute atomic E-state index is 0.00590. The van der Waals surface area contributed by atoms with E-state index in [0.717, 1.165) is 42.5 Å². The molecular formula is C21H23N3O. The number of carbonyl (C=O) groups is 1. The van der Waals surface area contributed by atoms with Gasteiger partial charge in [-0.15, -0.1) is 0 Å². The van der Waals surface area contributed by atoms with E-state index in [1.807, 2.05) is 36.4 Å². The number of nitrogen functional groups attached to an aromatic ring is 1. The first-order valence-electron chi connectivity index (χ1n) is 8.80. The van der Waals surface area contributed by atoms with Gasteiger partial charge in [-0.2, -0.15) is 5.26 Å². The van der Waals surface area contributed by atoms with Crippen LogP contribution in [0.15, 0.2) is 48.5 Å². The maximum atomic E-state index is 12.6. The summed E-state index contributed by atoms with van der Waals surface area (Å²) in [6.45, 7) is 0.0684. The molecule has 2 atom stereocenters. The van der Waals surface area contributed by atoms with Crippen molar-refractivity contribution in [1.82, 2.24) is 5.32 Å². The smallest absolute Gasteiger partial charge is 0.224 e. The Bertz CT molecular complexity index is 794. The summed E-state index contributed by atoms with van der Waals surface area (Å²) in [5, 5.41) is 11.5. The lowest BCUT2D eigenvalue weighted by atomic mass is 9.73. The molecule has 0 heterocycles. The topological polar surface area (TPSA) is 78.9 Å². The van der Waals surface area contributed by atoms with Crippen LogP contribution in [-0.4, -0.2) is 12.5 Å². The van der Waals surface area contributed by atoms with Gasteiger partial charge < -0.3 is 11.1 Å². The Hall–Kier alpha value is -2.80. The highest BCUT2D eigenvalue weighted by atomic mass is 16.1. The number of benzene rings is 2. The lowest BCUT2D eigenvalue weighted by molar-refractivity contribution is -0.126. The van der Waals surface area contributed by atoms with Crippen LogP contribution in [0.5, 0.6) is 0 Å². The van der Waals surface area contributed by atoms with Crippen molar-refractivity contribution in [3.63, 3.8) is 0 Å². The predicted octanol–water partition coefficient (Wildman–Crippen LogP) is 3.85. The summed E-state index contributed by atoms with van der Waals surface area (Å²) in [7, 11) is 0. The summed E-state index contributed by atoms with van der Waals surface area (Å²) in [6.07, 6.45) is 4.04. The Kier molecular flexibility index (Phi) is 5.35. The molecule has 3 N–H and O–H groups in total. The Balaban J connectivity index is 1.97. The van der Waals surface area contributed by atoms with E-state index in [1.54, 1.807) is 0 Å². The number of hydrogen-bond acceptors (Lipinski definition) is 3. The number of anilines is 1. The molecule has 3 rings (SSSR count). The Morgan fingerprint density at radius 3 is 2.76 bits per heavy atom. The lowest BCUT2D eigenvalue weighted by Crippen LogP contribution is -2.36. The summed E-state index contributed by atoms with van der Waals surface area (Å²) < 4.78 is 0. The number of nitrogens with one attached hydrogen (secondary N) is 1. The van der Waals surface area contributed by atoms with Gasteiger partial charge in [0.25, 0.3) is 0 Å². The number of hydrogen-bond donors (Lipinski definition) is 2. The fourth-order valence-electron chi connectivity index (χ4n) is 3.86. The molecule has 2 aromatic rings. The molecule has 0 radical (unpaired) electrons. The van der Waals surface area contributed by atoms with Crippen LogP contribution in [0.25, 0.3) is 11.1 Å². The summed E-state index contributed by atoms with van der Waals surface area (Å²) in [4.78, 5) is 12.6. The molecule has 0 bridgehead atoms. The van der Waals surface area contributed by atoms with Crippen LogP contribution in [0.3, 0.4) is 0 Å². The van der Waals surface area contributed by atoms with Crippen LogP contribution in [-0.2, 0) is 4.79 Å². The van der Waals surface area contributed by atoms with E-state index in [1.165, 1.54) is 5.56 Å². The Morgan fingerprint density at radius 1 is 1.16 bits per heavy atom. The third-order valence-corrected chi connectivity index (χ3v) is 5.00. The zero-order valence-corrected chi connectivity index (χ0v) is 14.2. The molecule has 1 amide bonds. The predicted molar refractivity (Wildman–Crippen MR) is 99.6 cm³/mol. The van der Waals surface area contributed by atoms with Crippen molar-refractivity contribution in [3.05, 3.63) is 54.1 Å². The van der Waals surface area contributed by atoms with Gasteiger partial charge in [0.15, 0.2) is 0 Å². The molecule has 0 aliphatic heterocycles. The molecule has 0 spiro atoms. The van der Waals surface area contributed by atoms with E-state index in [2.05, 4.69) is 23.5 Å². The molecule has 4 heteroatoms. The maximum Gasteiger partial charge on any atom is 0.224 e. The summed E-state index contributed by atoms with van der Waals surface area (Å²) >= 11 is 0. The van der Waals surface area contributed by atoms with E-state index in [0.29, 0.717) is 0 Å². The molecule has 1 aliphatic carbocycles. The first-order chi connectivity index (χ1) is 12.2. The molecule has 128 valence electrons. The van der Waals surface area contributed by atoms with Gasteiger partial charge in [0.05, 0.1) is 6.07 Å². The second kappa shape index (κ2) is 7.85. The second-order valence-corrected chi connectivity index (χ2v) is 6.59. The number of carbonyl (C=O) groups excluding carboxylic acids is 1. The van der Waals surface area contributed by atoms with Gasteiger partial charge in [-0.1, -0.05) is 49.2 Å². The van der Waals surface area contributed by atoms with Crippen molar-refractivity contribution in [2.45, 2.75) is 31.6 Å². The van der Waals surface area contributed by atoms with Gasteiger partial charge >= 0.3 is 0 Å². The minimum Gasteiger partial charge on any atom is -0.399 e. The molecule has 1 fully saturated rings. The van der Waals surface area contributed by atoms with Gasteiger partial charge in [-0.3, -0.25) is 4.79 Å². The molecule has 1 saturated carbocycles. The fourth-order valence-corrected chi connectivity index (χ4v) is 3.86. The molecule has 2 unspecified atom stereocenters. The SMILES string of the molecule is N#CCNC(=O)C1CCCCC1c1ccccc1-c1cccc(N)c1.